The van der Waals surface area contributed by atoms with Crippen molar-refractivity contribution in [3.8, 4) is 0 Å². The highest BCUT2D eigenvalue weighted by molar-refractivity contribution is 14.0. The molecule has 1 aromatic heterocycles. The first-order valence-corrected chi connectivity index (χ1v) is 8.61. The Bertz CT molecular complexity index is 503. The van der Waals surface area contributed by atoms with E-state index in [0.29, 0.717) is 12.4 Å². The van der Waals surface area contributed by atoms with Gasteiger partial charge < -0.3 is 20.0 Å². The highest BCUT2D eigenvalue weighted by Crippen LogP contribution is 2.22. The summed E-state index contributed by atoms with van der Waals surface area (Å²) in [6, 6.07) is 0. The van der Waals surface area contributed by atoms with E-state index in [1.165, 1.54) is 32.4 Å². The van der Waals surface area contributed by atoms with E-state index in [4.69, 9.17) is 4.42 Å². The van der Waals surface area contributed by atoms with Gasteiger partial charge >= 0.3 is 0 Å². The molecule has 0 unspecified atom stereocenters. The quantitative estimate of drug-likeness (QED) is 0.411. The summed E-state index contributed by atoms with van der Waals surface area (Å²) in [4.78, 5) is 11.1. The fourth-order valence-electron chi connectivity index (χ4n) is 2.63. The average Bonchev–Trinajstić information content (AvgIpc) is 3.01. The smallest absolute Gasteiger partial charge is 0.213 e. The highest BCUT2D eigenvalue weighted by atomic mass is 127. The van der Waals surface area contributed by atoms with E-state index in [1.807, 2.05) is 6.20 Å². The van der Waals surface area contributed by atoms with Crippen LogP contribution in [0.2, 0.25) is 0 Å². The molecule has 0 amide bonds. The van der Waals surface area contributed by atoms with Gasteiger partial charge in [0.05, 0.1) is 12.7 Å². The summed E-state index contributed by atoms with van der Waals surface area (Å²) in [5.74, 6) is 2.38. The van der Waals surface area contributed by atoms with Crippen molar-refractivity contribution in [2.45, 2.75) is 52.0 Å². The van der Waals surface area contributed by atoms with Crippen LogP contribution in [0.25, 0.3) is 0 Å². The van der Waals surface area contributed by atoms with Crippen molar-refractivity contribution in [1.29, 1.82) is 0 Å². The van der Waals surface area contributed by atoms with Crippen LogP contribution in [0.1, 0.15) is 51.7 Å². The number of piperidine rings is 1. The van der Waals surface area contributed by atoms with E-state index >= 15 is 0 Å². The topological polar surface area (TPSA) is 65.7 Å². The fourth-order valence-corrected chi connectivity index (χ4v) is 2.63. The summed E-state index contributed by atoms with van der Waals surface area (Å²) < 4.78 is 5.78. The Morgan fingerprint density at radius 3 is 2.54 bits per heavy atom. The summed E-state index contributed by atoms with van der Waals surface area (Å²) in [5.41, 5.74) is -0.0143. The van der Waals surface area contributed by atoms with E-state index in [0.717, 1.165) is 24.8 Å². The first-order valence-electron chi connectivity index (χ1n) is 8.61. The summed E-state index contributed by atoms with van der Waals surface area (Å²) in [7, 11) is 1.78. The van der Waals surface area contributed by atoms with Gasteiger partial charge in [-0.1, -0.05) is 27.2 Å². The molecule has 1 aliphatic heterocycles. The van der Waals surface area contributed by atoms with Crippen molar-refractivity contribution in [3.05, 3.63) is 17.8 Å². The van der Waals surface area contributed by atoms with Gasteiger partial charge in [-0.25, -0.2) is 4.98 Å². The van der Waals surface area contributed by atoms with E-state index in [1.54, 1.807) is 7.05 Å². The van der Waals surface area contributed by atoms with Crippen LogP contribution < -0.4 is 10.6 Å². The van der Waals surface area contributed by atoms with Gasteiger partial charge in [0, 0.05) is 25.6 Å². The molecule has 2 heterocycles. The van der Waals surface area contributed by atoms with Gasteiger partial charge in [0.2, 0.25) is 5.89 Å². The lowest BCUT2D eigenvalue weighted by molar-refractivity contribution is 0.232. The largest absolute Gasteiger partial charge is 0.443 e. The van der Waals surface area contributed by atoms with Crippen LogP contribution in [0.4, 0.5) is 0 Å². The number of aliphatic imine (C=N–C) groups is 1. The fraction of sp³-hybridized carbons (Fsp3) is 0.765. The number of likely N-dealkylation sites (tertiary alicyclic amines) is 1. The lowest BCUT2D eigenvalue weighted by atomic mass is 9.94. The van der Waals surface area contributed by atoms with Crippen LogP contribution in [0, 0.1) is 0 Å². The predicted octanol–water partition coefficient (Wildman–Crippen LogP) is 2.74. The lowest BCUT2D eigenvalue weighted by Gasteiger charge is -2.26. The summed E-state index contributed by atoms with van der Waals surface area (Å²) in [5, 5.41) is 6.60. The summed E-state index contributed by atoms with van der Waals surface area (Å²) >= 11 is 0. The molecular weight excluding hydrogens is 417 g/mol. The third-order valence-electron chi connectivity index (χ3n) is 4.09. The van der Waals surface area contributed by atoms with E-state index in [-0.39, 0.29) is 29.4 Å². The van der Waals surface area contributed by atoms with Crippen molar-refractivity contribution in [3.63, 3.8) is 0 Å². The number of hydrogen-bond donors (Lipinski definition) is 2. The number of nitrogens with zero attached hydrogens (tertiary/aromatic N) is 3. The number of oxazole rings is 1. The SMILES string of the molecule is CN=C(NCCN1CCCCC1)NCc1ncc(C(C)(C)C)o1.I. The van der Waals surface area contributed by atoms with E-state index < -0.39 is 0 Å². The van der Waals surface area contributed by atoms with Gasteiger partial charge in [-0.15, -0.1) is 24.0 Å². The van der Waals surface area contributed by atoms with Crippen molar-refractivity contribution in [1.82, 2.24) is 20.5 Å². The molecule has 0 aliphatic carbocycles. The summed E-state index contributed by atoms with van der Waals surface area (Å²) in [6.45, 7) is 11.3. The normalized spacial score (nSPS) is 16.6. The minimum atomic E-state index is -0.0143. The molecule has 0 aromatic carbocycles. The van der Waals surface area contributed by atoms with Gasteiger partial charge in [0.1, 0.15) is 5.76 Å². The molecule has 0 saturated carbocycles. The Morgan fingerprint density at radius 2 is 1.96 bits per heavy atom. The van der Waals surface area contributed by atoms with Crippen LogP contribution in [0.3, 0.4) is 0 Å². The van der Waals surface area contributed by atoms with Gasteiger partial charge in [0.15, 0.2) is 5.96 Å². The first kappa shape index (κ1) is 21.2. The maximum atomic E-state index is 5.78. The standard InChI is InChI=1S/C17H31N5O.HI/c1-17(2,3)14-12-20-15(23-14)13-21-16(18-4)19-8-11-22-9-6-5-7-10-22;/h12H,5-11,13H2,1-4H3,(H2,18,19,21);1H. The predicted molar refractivity (Wildman–Crippen MR) is 109 cm³/mol. The molecule has 0 bridgehead atoms. The Morgan fingerprint density at radius 1 is 1.25 bits per heavy atom. The Kier molecular flexibility index (Phi) is 9.04. The molecule has 0 spiro atoms. The molecule has 1 aromatic rings. The van der Waals surface area contributed by atoms with Gasteiger partial charge in [0.25, 0.3) is 0 Å². The van der Waals surface area contributed by atoms with Crippen molar-refractivity contribution in [2.75, 3.05) is 33.2 Å². The van der Waals surface area contributed by atoms with Crippen LogP contribution in [0.15, 0.2) is 15.6 Å². The second-order valence-corrected chi connectivity index (χ2v) is 7.12. The molecule has 6 nitrogen and oxygen atoms in total. The third kappa shape index (κ3) is 6.96. The number of nitrogens with one attached hydrogen (secondary N) is 2. The molecular formula is C17H32IN5O. The second-order valence-electron chi connectivity index (χ2n) is 7.12. The molecule has 1 aliphatic rings. The van der Waals surface area contributed by atoms with Gasteiger partial charge in [-0.3, -0.25) is 4.99 Å². The van der Waals surface area contributed by atoms with E-state index in [2.05, 4.69) is 46.3 Å². The second kappa shape index (κ2) is 10.2. The zero-order valence-electron chi connectivity index (χ0n) is 15.4. The van der Waals surface area contributed by atoms with Crippen LogP contribution in [0.5, 0.6) is 0 Å². The number of halogens is 1. The zero-order chi connectivity index (χ0) is 16.7. The number of guanidine groups is 1. The molecule has 2 rings (SSSR count). The van der Waals surface area contributed by atoms with E-state index in [9.17, 15) is 0 Å². The molecule has 7 heteroatoms. The number of hydrogen-bond acceptors (Lipinski definition) is 4. The zero-order valence-corrected chi connectivity index (χ0v) is 17.7. The van der Waals surface area contributed by atoms with Gasteiger partial charge in [-0.2, -0.15) is 0 Å². The Labute approximate surface area is 162 Å². The third-order valence-corrected chi connectivity index (χ3v) is 4.09. The van der Waals surface area contributed by atoms with Gasteiger partial charge in [-0.05, 0) is 25.9 Å². The lowest BCUT2D eigenvalue weighted by Crippen LogP contribution is -2.42. The number of aromatic nitrogens is 1. The maximum Gasteiger partial charge on any atom is 0.213 e. The minimum Gasteiger partial charge on any atom is -0.443 e. The monoisotopic (exact) mass is 449 g/mol. The minimum absolute atomic E-state index is 0. The molecule has 0 radical (unpaired) electrons. The van der Waals surface area contributed by atoms with Crippen LogP contribution >= 0.6 is 24.0 Å². The molecule has 24 heavy (non-hydrogen) atoms. The molecule has 1 saturated heterocycles. The Hall–Kier alpha value is -0.830. The number of rotatable bonds is 5. The van der Waals surface area contributed by atoms with Crippen LogP contribution in [-0.4, -0.2) is 49.1 Å². The van der Waals surface area contributed by atoms with Crippen LogP contribution in [-0.2, 0) is 12.0 Å². The maximum absolute atomic E-state index is 5.78. The Balaban J connectivity index is 0.00000288. The highest BCUT2D eigenvalue weighted by Gasteiger charge is 2.19. The van der Waals surface area contributed by atoms with Crippen molar-refractivity contribution in [2.24, 2.45) is 4.99 Å². The molecule has 2 N–H and O–H groups in total. The average molecular weight is 449 g/mol. The summed E-state index contributed by atoms with van der Waals surface area (Å²) in [6.07, 6.45) is 5.84. The van der Waals surface area contributed by atoms with Crippen molar-refractivity contribution < 1.29 is 4.42 Å². The molecule has 138 valence electrons. The molecule has 1 fully saturated rings. The van der Waals surface area contributed by atoms with Crippen molar-refractivity contribution >= 4 is 29.9 Å². The molecule has 0 atom stereocenters. The first-order chi connectivity index (χ1) is 11.0.